The van der Waals surface area contributed by atoms with E-state index in [4.69, 9.17) is 16.3 Å². The molecule has 0 saturated carbocycles. The summed E-state index contributed by atoms with van der Waals surface area (Å²) in [5, 5.41) is 0.466. The first kappa shape index (κ1) is 11.0. The number of aryl methyl sites for hydroxylation is 2. The van der Waals surface area contributed by atoms with Crippen LogP contribution in [-0.4, -0.2) is 4.98 Å². The van der Waals surface area contributed by atoms with Gasteiger partial charge in [0.05, 0.1) is 6.20 Å². The second kappa shape index (κ2) is 4.54. The zero-order valence-corrected chi connectivity index (χ0v) is 9.95. The Morgan fingerprint density at radius 1 is 1.12 bits per heavy atom. The fraction of sp³-hybridized carbons (Fsp3) is 0.154. The average Bonchev–Trinajstić information content (AvgIpc) is 2.25. The number of hydrogen-bond donors (Lipinski definition) is 0. The molecule has 0 N–H and O–H groups in total. The molecule has 0 radical (unpaired) electrons. The van der Waals surface area contributed by atoms with E-state index in [9.17, 15) is 0 Å². The lowest BCUT2D eigenvalue weighted by atomic mass is 10.1. The fourth-order valence-electron chi connectivity index (χ4n) is 1.46. The van der Waals surface area contributed by atoms with Crippen molar-refractivity contribution in [3.05, 3.63) is 52.8 Å². The number of aromatic nitrogens is 1. The minimum Gasteiger partial charge on any atom is -0.455 e. The second-order valence-electron chi connectivity index (χ2n) is 3.69. The maximum Gasteiger partial charge on any atom is 0.145 e. The smallest absolute Gasteiger partial charge is 0.145 e. The van der Waals surface area contributed by atoms with Crippen LogP contribution in [0.2, 0.25) is 5.15 Å². The maximum atomic E-state index is 5.70. The monoisotopic (exact) mass is 233 g/mol. The SMILES string of the molecule is Cc1ccc(Oc2ccc(Cl)nc2)c(C)c1. The van der Waals surface area contributed by atoms with Crippen LogP contribution in [0.4, 0.5) is 0 Å². The first-order valence-electron chi connectivity index (χ1n) is 5.02. The summed E-state index contributed by atoms with van der Waals surface area (Å²) in [6.07, 6.45) is 1.61. The van der Waals surface area contributed by atoms with Crippen molar-refractivity contribution in [2.24, 2.45) is 0 Å². The molecule has 0 spiro atoms. The molecular formula is C13H12ClNO. The summed E-state index contributed by atoms with van der Waals surface area (Å²) in [6.45, 7) is 4.08. The molecule has 3 heteroatoms. The molecule has 2 aromatic rings. The third-order valence-electron chi connectivity index (χ3n) is 2.26. The van der Waals surface area contributed by atoms with E-state index in [1.165, 1.54) is 5.56 Å². The van der Waals surface area contributed by atoms with Gasteiger partial charge in [0.25, 0.3) is 0 Å². The van der Waals surface area contributed by atoms with Crippen LogP contribution in [-0.2, 0) is 0 Å². The van der Waals surface area contributed by atoms with Crippen LogP contribution in [0.25, 0.3) is 0 Å². The minimum atomic E-state index is 0.466. The summed E-state index contributed by atoms with van der Waals surface area (Å²) in [7, 11) is 0. The van der Waals surface area contributed by atoms with Crippen molar-refractivity contribution in [1.82, 2.24) is 4.98 Å². The van der Waals surface area contributed by atoms with Crippen LogP contribution in [0.15, 0.2) is 36.5 Å². The van der Waals surface area contributed by atoms with Crippen molar-refractivity contribution >= 4 is 11.6 Å². The van der Waals surface area contributed by atoms with Crippen LogP contribution >= 0.6 is 11.6 Å². The Kier molecular flexibility index (Phi) is 3.11. The highest BCUT2D eigenvalue weighted by Gasteiger charge is 2.01. The van der Waals surface area contributed by atoms with Crippen molar-refractivity contribution in [1.29, 1.82) is 0 Å². The van der Waals surface area contributed by atoms with Gasteiger partial charge in [-0.05, 0) is 37.6 Å². The van der Waals surface area contributed by atoms with Gasteiger partial charge in [-0.15, -0.1) is 0 Å². The molecule has 1 heterocycles. The zero-order chi connectivity index (χ0) is 11.5. The Labute approximate surface area is 99.9 Å². The summed E-state index contributed by atoms with van der Waals surface area (Å²) in [5.74, 6) is 1.53. The number of rotatable bonds is 2. The van der Waals surface area contributed by atoms with Gasteiger partial charge in [0.15, 0.2) is 0 Å². The largest absolute Gasteiger partial charge is 0.455 e. The van der Waals surface area contributed by atoms with E-state index in [1.807, 2.05) is 19.1 Å². The molecule has 0 aliphatic heterocycles. The third kappa shape index (κ3) is 2.52. The van der Waals surface area contributed by atoms with Crippen LogP contribution in [0.3, 0.4) is 0 Å². The molecule has 1 aromatic carbocycles. The van der Waals surface area contributed by atoms with Crippen molar-refractivity contribution in [3.63, 3.8) is 0 Å². The second-order valence-corrected chi connectivity index (χ2v) is 4.07. The zero-order valence-electron chi connectivity index (χ0n) is 9.20. The van der Waals surface area contributed by atoms with E-state index in [-0.39, 0.29) is 0 Å². The van der Waals surface area contributed by atoms with Gasteiger partial charge in [-0.1, -0.05) is 29.3 Å². The number of benzene rings is 1. The van der Waals surface area contributed by atoms with E-state index >= 15 is 0 Å². The maximum absolute atomic E-state index is 5.70. The number of halogens is 1. The lowest BCUT2D eigenvalue weighted by Gasteiger charge is -2.08. The van der Waals surface area contributed by atoms with Crippen molar-refractivity contribution in [2.45, 2.75) is 13.8 Å². The van der Waals surface area contributed by atoms with Crippen molar-refractivity contribution in [2.75, 3.05) is 0 Å². The van der Waals surface area contributed by atoms with Crippen LogP contribution < -0.4 is 4.74 Å². The predicted octanol–water partition coefficient (Wildman–Crippen LogP) is 4.14. The van der Waals surface area contributed by atoms with Gasteiger partial charge in [0, 0.05) is 0 Å². The molecule has 16 heavy (non-hydrogen) atoms. The van der Waals surface area contributed by atoms with E-state index in [0.29, 0.717) is 10.9 Å². The van der Waals surface area contributed by atoms with Crippen molar-refractivity contribution < 1.29 is 4.74 Å². The molecule has 0 unspecified atom stereocenters. The van der Waals surface area contributed by atoms with Crippen LogP contribution in [0.5, 0.6) is 11.5 Å². The van der Waals surface area contributed by atoms with Crippen LogP contribution in [0.1, 0.15) is 11.1 Å². The summed E-state index contributed by atoms with van der Waals surface area (Å²) >= 11 is 5.70. The highest BCUT2D eigenvalue weighted by atomic mass is 35.5. The van der Waals surface area contributed by atoms with Gasteiger partial charge in [-0.2, -0.15) is 0 Å². The standard InChI is InChI=1S/C13H12ClNO/c1-9-3-5-12(10(2)7-9)16-11-4-6-13(14)15-8-11/h3-8H,1-2H3. The number of pyridine rings is 1. The molecule has 0 atom stereocenters. The van der Waals surface area contributed by atoms with Gasteiger partial charge in [0.1, 0.15) is 16.7 Å². The molecule has 0 amide bonds. The third-order valence-corrected chi connectivity index (χ3v) is 2.48. The predicted molar refractivity (Wildman–Crippen MR) is 65.2 cm³/mol. The average molecular weight is 234 g/mol. The van der Waals surface area contributed by atoms with Gasteiger partial charge < -0.3 is 4.74 Å². The number of hydrogen-bond acceptors (Lipinski definition) is 2. The molecule has 0 saturated heterocycles. The van der Waals surface area contributed by atoms with Gasteiger partial charge in [-0.25, -0.2) is 4.98 Å². The Hall–Kier alpha value is -1.54. The Balaban J connectivity index is 2.23. The normalized spacial score (nSPS) is 10.2. The van der Waals surface area contributed by atoms with E-state index in [2.05, 4.69) is 18.0 Å². The molecule has 0 aliphatic rings. The quantitative estimate of drug-likeness (QED) is 0.728. The number of nitrogens with zero attached hydrogens (tertiary/aromatic N) is 1. The fourth-order valence-corrected chi connectivity index (χ4v) is 1.58. The van der Waals surface area contributed by atoms with E-state index in [1.54, 1.807) is 18.3 Å². The lowest BCUT2D eigenvalue weighted by Crippen LogP contribution is -1.88. The Bertz CT molecular complexity index is 494. The molecular weight excluding hydrogens is 222 g/mol. The molecule has 0 bridgehead atoms. The minimum absolute atomic E-state index is 0.466. The molecule has 82 valence electrons. The summed E-state index contributed by atoms with van der Waals surface area (Å²) in [6, 6.07) is 9.57. The lowest BCUT2D eigenvalue weighted by molar-refractivity contribution is 0.476. The molecule has 1 aromatic heterocycles. The number of ether oxygens (including phenoxy) is 1. The summed E-state index contributed by atoms with van der Waals surface area (Å²) < 4.78 is 5.70. The first-order valence-corrected chi connectivity index (χ1v) is 5.39. The molecule has 2 nitrogen and oxygen atoms in total. The topological polar surface area (TPSA) is 22.1 Å². The van der Waals surface area contributed by atoms with Gasteiger partial charge >= 0.3 is 0 Å². The molecule has 0 aliphatic carbocycles. The molecule has 0 fully saturated rings. The molecule has 2 rings (SSSR count). The van der Waals surface area contributed by atoms with Crippen molar-refractivity contribution in [3.8, 4) is 11.5 Å². The first-order chi connectivity index (χ1) is 7.65. The highest BCUT2D eigenvalue weighted by Crippen LogP contribution is 2.25. The Morgan fingerprint density at radius 3 is 2.56 bits per heavy atom. The van der Waals surface area contributed by atoms with E-state index < -0.39 is 0 Å². The summed E-state index contributed by atoms with van der Waals surface area (Å²) in [5.41, 5.74) is 2.33. The van der Waals surface area contributed by atoms with Gasteiger partial charge in [0.2, 0.25) is 0 Å². The van der Waals surface area contributed by atoms with Crippen LogP contribution in [0, 0.1) is 13.8 Å². The van der Waals surface area contributed by atoms with Gasteiger partial charge in [-0.3, -0.25) is 0 Å². The van der Waals surface area contributed by atoms with E-state index in [0.717, 1.165) is 11.3 Å². The summed E-state index contributed by atoms with van der Waals surface area (Å²) in [4.78, 5) is 3.96. The highest BCUT2D eigenvalue weighted by molar-refractivity contribution is 6.29. The Morgan fingerprint density at radius 2 is 1.94 bits per heavy atom.